The SMILES string of the molecule is CCCNCc1ccc2c(c1)oc(=O)n2CCC. The Morgan fingerprint density at radius 1 is 1.28 bits per heavy atom. The first-order valence-electron chi connectivity index (χ1n) is 6.59. The van der Waals surface area contributed by atoms with Crippen LogP contribution in [0.1, 0.15) is 32.3 Å². The second-order valence-electron chi connectivity index (χ2n) is 4.50. The summed E-state index contributed by atoms with van der Waals surface area (Å²) in [5.74, 6) is -0.259. The maximum absolute atomic E-state index is 11.7. The first-order valence-corrected chi connectivity index (χ1v) is 6.59. The molecule has 1 N–H and O–H groups in total. The van der Waals surface area contributed by atoms with E-state index in [4.69, 9.17) is 4.42 Å². The zero-order chi connectivity index (χ0) is 13.0. The largest absolute Gasteiger partial charge is 0.419 e. The summed E-state index contributed by atoms with van der Waals surface area (Å²) >= 11 is 0. The van der Waals surface area contributed by atoms with Crippen LogP contribution in [-0.2, 0) is 13.1 Å². The van der Waals surface area contributed by atoms with E-state index in [1.54, 1.807) is 4.57 Å². The van der Waals surface area contributed by atoms with Crippen LogP contribution < -0.4 is 11.1 Å². The topological polar surface area (TPSA) is 47.2 Å². The Kier molecular flexibility index (Phi) is 4.20. The summed E-state index contributed by atoms with van der Waals surface area (Å²) in [6.45, 7) is 6.71. The Morgan fingerprint density at radius 2 is 2.11 bits per heavy atom. The van der Waals surface area contributed by atoms with Gasteiger partial charge in [0, 0.05) is 13.1 Å². The predicted molar refractivity (Wildman–Crippen MR) is 72.8 cm³/mol. The number of hydrogen-bond donors (Lipinski definition) is 1. The molecule has 0 atom stereocenters. The number of rotatable bonds is 6. The van der Waals surface area contributed by atoms with Gasteiger partial charge in [0.1, 0.15) is 0 Å². The number of aryl methyl sites for hydroxylation is 1. The Morgan fingerprint density at radius 3 is 2.83 bits per heavy atom. The first-order chi connectivity index (χ1) is 8.76. The van der Waals surface area contributed by atoms with Crippen molar-refractivity contribution in [1.82, 2.24) is 9.88 Å². The minimum Gasteiger partial charge on any atom is -0.408 e. The number of aromatic nitrogens is 1. The van der Waals surface area contributed by atoms with Crippen molar-refractivity contribution in [1.29, 1.82) is 0 Å². The number of hydrogen-bond acceptors (Lipinski definition) is 3. The molecule has 98 valence electrons. The quantitative estimate of drug-likeness (QED) is 0.799. The van der Waals surface area contributed by atoms with Gasteiger partial charge in [0.05, 0.1) is 5.52 Å². The number of fused-ring (bicyclic) bond motifs is 1. The van der Waals surface area contributed by atoms with E-state index in [2.05, 4.69) is 12.2 Å². The Balaban J connectivity index is 2.27. The maximum atomic E-state index is 11.7. The zero-order valence-electron chi connectivity index (χ0n) is 11.0. The molecule has 0 fully saturated rings. The van der Waals surface area contributed by atoms with E-state index in [-0.39, 0.29) is 5.76 Å². The molecule has 0 aliphatic carbocycles. The van der Waals surface area contributed by atoms with Crippen LogP contribution in [0.5, 0.6) is 0 Å². The summed E-state index contributed by atoms with van der Waals surface area (Å²) in [4.78, 5) is 11.7. The van der Waals surface area contributed by atoms with Crippen molar-refractivity contribution in [3.05, 3.63) is 34.3 Å². The lowest BCUT2D eigenvalue weighted by Crippen LogP contribution is -2.14. The third-order valence-corrected chi connectivity index (χ3v) is 2.94. The third kappa shape index (κ3) is 2.64. The fraction of sp³-hybridized carbons (Fsp3) is 0.500. The summed E-state index contributed by atoms with van der Waals surface area (Å²) in [5.41, 5.74) is 2.72. The third-order valence-electron chi connectivity index (χ3n) is 2.94. The second kappa shape index (κ2) is 5.87. The normalized spacial score (nSPS) is 11.2. The van der Waals surface area contributed by atoms with Gasteiger partial charge in [-0.1, -0.05) is 19.9 Å². The molecule has 2 rings (SSSR count). The van der Waals surface area contributed by atoms with Gasteiger partial charge in [0.2, 0.25) is 0 Å². The molecule has 4 heteroatoms. The van der Waals surface area contributed by atoms with Crippen molar-refractivity contribution < 1.29 is 4.42 Å². The molecule has 0 saturated carbocycles. The summed E-state index contributed by atoms with van der Waals surface area (Å²) in [5, 5.41) is 3.34. The van der Waals surface area contributed by atoms with E-state index >= 15 is 0 Å². The van der Waals surface area contributed by atoms with E-state index in [1.807, 2.05) is 25.1 Å². The minimum atomic E-state index is -0.259. The van der Waals surface area contributed by atoms with Gasteiger partial charge in [0.15, 0.2) is 5.58 Å². The number of nitrogens with one attached hydrogen (secondary N) is 1. The predicted octanol–water partition coefficient (Wildman–Crippen LogP) is 2.50. The van der Waals surface area contributed by atoms with Gasteiger partial charge in [-0.3, -0.25) is 4.57 Å². The molecule has 0 amide bonds. The van der Waals surface area contributed by atoms with Gasteiger partial charge in [-0.15, -0.1) is 0 Å². The molecular weight excluding hydrogens is 228 g/mol. The number of oxazole rings is 1. The summed E-state index contributed by atoms with van der Waals surface area (Å²) < 4.78 is 6.97. The molecule has 2 aromatic rings. The molecule has 0 aliphatic heterocycles. The molecule has 1 aromatic heterocycles. The average Bonchev–Trinajstić information content (AvgIpc) is 2.66. The van der Waals surface area contributed by atoms with Crippen molar-refractivity contribution in [2.24, 2.45) is 0 Å². The first kappa shape index (κ1) is 12.9. The highest BCUT2D eigenvalue weighted by Crippen LogP contribution is 2.15. The van der Waals surface area contributed by atoms with Gasteiger partial charge in [-0.05, 0) is 37.1 Å². The molecule has 0 bridgehead atoms. The van der Waals surface area contributed by atoms with Crippen molar-refractivity contribution in [3.63, 3.8) is 0 Å². The van der Waals surface area contributed by atoms with Gasteiger partial charge in [0.25, 0.3) is 0 Å². The fourth-order valence-corrected chi connectivity index (χ4v) is 2.07. The highest BCUT2D eigenvalue weighted by atomic mass is 16.4. The molecule has 0 radical (unpaired) electrons. The molecule has 0 unspecified atom stereocenters. The van der Waals surface area contributed by atoms with Crippen LogP contribution in [0.3, 0.4) is 0 Å². The molecule has 1 heterocycles. The lowest BCUT2D eigenvalue weighted by molar-refractivity contribution is 0.502. The monoisotopic (exact) mass is 248 g/mol. The Labute approximate surface area is 107 Å². The van der Waals surface area contributed by atoms with Crippen molar-refractivity contribution >= 4 is 11.1 Å². The molecule has 18 heavy (non-hydrogen) atoms. The average molecular weight is 248 g/mol. The number of nitrogens with zero attached hydrogens (tertiary/aromatic N) is 1. The number of benzene rings is 1. The van der Waals surface area contributed by atoms with E-state index in [9.17, 15) is 4.79 Å². The van der Waals surface area contributed by atoms with Crippen LogP contribution in [0.15, 0.2) is 27.4 Å². The smallest absolute Gasteiger partial charge is 0.408 e. The van der Waals surface area contributed by atoms with E-state index in [0.29, 0.717) is 12.1 Å². The molecule has 0 spiro atoms. The van der Waals surface area contributed by atoms with Crippen molar-refractivity contribution in [3.8, 4) is 0 Å². The minimum absolute atomic E-state index is 0.259. The lowest BCUT2D eigenvalue weighted by atomic mass is 10.2. The highest BCUT2D eigenvalue weighted by Gasteiger charge is 2.08. The van der Waals surface area contributed by atoms with Crippen LogP contribution in [0.4, 0.5) is 0 Å². The fourth-order valence-electron chi connectivity index (χ4n) is 2.07. The highest BCUT2D eigenvalue weighted by molar-refractivity contribution is 5.73. The zero-order valence-corrected chi connectivity index (χ0v) is 11.0. The molecule has 1 aromatic carbocycles. The molecular formula is C14H20N2O2. The van der Waals surface area contributed by atoms with Crippen LogP contribution in [0.25, 0.3) is 11.1 Å². The van der Waals surface area contributed by atoms with Gasteiger partial charge in [-0.25, -0.2) is 4.79 Å². The van der Waals surface area contributed by atoms with E-state index in [1.165, 1.54) is 0 Å². The van der Waals surface area contributed by atoms with Crippen LogP contribution in [-0.4, -0.2) is 11.1 Å². The Bertz CT molecular complexity index is 569. The van der Waals surface area contributed by atoms with Gasteiger partial charge < -0.3 is 9.73 Å². The van der Waals surface area contributed by atoms with Gasteiger partial charge in [-0.2, -0.15) is 0 Å². The van der Waals surface area contributed by atoms with Crippen LogP contribution in [0.2, 0.25) is 0 Å². The van der Waals surface area contributed by atoms with E-state index < -0.39 is 0 Å². The Hall–Kier alpha value is -1.55. The van der Waals surface area contributed by atoms with Crippen molar-refractivity contribution in [2.75, 3.05) is 6.54 Å². The summed E-state index contributed by atoms with van der Waals surface area (Å²) in [7, 11) is 0. The lowest BCUT2D eigenvalue weighted by Gasteiger charge is -2.03. The van der Waals surface area contributed by atoms with Crippen molar-refractivity contribution in [2.45, 2.75) is 39.8 Å². The standard InChI is InChI=1S/C14H20N2O2/c1-3-7-15-10-11-5-6-12-13(9-11)18-14(17)16(12)8-4-2/h5-6,9,15H,3-4,7-8,10H2,1-2H3. The summed E-state index contributed by atoms with van der Waals surface area (Å²) in [6.07, 6.45) is 2.04. The second-order valence-corrected chi connectivity index (χ2v) is 4.50. The van der Waals surface area contributed by atoms with Crippen LogP contribution >= 0.6 is 0 Å². The maximum Gasteiger partial charge on any atom is 0.419 e. The molecule has 0 aliphatic rings. The molecule has 4 nitrogen and oxygen atoms in total. The van der Waals surface area contributed by atoms with E-state index in [0.717, 1.165) is 37.0 Å². The van der Waals surface area contributed by atoms with Gasteiger partial charge >= 0.3 is 5.76 Å². The molecule has 0 saturated heterocycles. The van der Waals surface area contributed by atoms with Crippen LogP contribution in [0, 0.1) is 0 Å². The summed E-state index contributed by atoms with van der Waals surface area (Å²) in [6, 6.07) is 5.97.